The average molecular weight is 333 g/mol. The molecule has 0 aliphatic heterocycles. The maximum atomic E-state index is 12.3. The highest BCUT2D eigenvalue weighted by atomic mass is 19.4. The SMILES string of the molecule is CC(C)(C)C(=O)NCC(=O)Nc1cccn(CC(F)(F)F)c1=O. The fraction of sp³-hybridized carbons (Fsp3) is 0.500. The van der Waals surface area contributed by atoms with Gasteiger partial charge in [-0.1, -0.05) is 20.8 Å². The van der Waals surface area contributed by atoms with Crippen LogP contribution in [0.4, 0.5) is 18.9 Å². The molecule has 1 rings (SSSR count). The maximum absolute atomic E-state index is 12.3. The number of amides is 2. The molecule has 0 unspecified atom stereocenters. The number of nitrogens with zero attached hydrogens (tertiary/aromatic N) is 1. The first-order valence-electron chi connectivity index (χ1n) is 6.74. The molecular formula is C14H18F3N3O3. The lowest BCUT2D eigenvalue weighted by molar-refractivity contribution is -0.141. The van der Waals surface area contributed by atoms with Crippen molar-refractivity contribution >= 4 is 17.5 Å². The van der Waals surface area contributed by atoms with Crippen molar-refractivity contribution < 1.29 is 22.8 Å². The Kier molecular flexibility index (Phi) is 5.57. The predicted molar refractivity (Wildman–Crippen MR) is 77.9 cm³/mol. The van der Waals surface area contributed by atoms with Gasteiger partial charge in [0.05, 0.1) is 6.54 Å². The van der Waals surface area contributed by atoms with Gasteiger partial charge in [-0.3, -0.25) is 14.4 Å². The van der Waals surface area contributed by atoms with Gasteiger partial charge >= 0.3 is 6.18 Å². The Bertz CT molecular complexity index is 645. The van der Waals surface area contributed by atoms with Gasteiger partial charge in [-0.2, -0.15) is 13.2 Å². The first-order chi connectivity index (χ1) is 10.4. The first-order valence-corrected chi connectivity index (χ1v) is 6.74. The summed E-state index contributed by atoms with van der Waals surface area (Å²) in [5, 5.41) is 4.56. The van der Waals surface area contributed by atoms with Crippen molar-refractivity contribution in [3.63, 3.8) is 0 Å². The third-order valence-electron chi connectivity index (χ3n) is 2.73. The van der Waals surface area contributed by atoms with Gasteiger partial charge in [0.25, 0.3) is 5.56 Å². The molecule has 0 fully saturated rings. The normalized spacial score (nSPS) is 11.9. The number of hydrogen-bond acceptors (Lipinski definition) is 3. The number of hydrogen-bond donors (Lipinski definition) is 2. The van der Waals surface area contributed by atoms with Crippen LogP contribution in [0.5, 0.6) is 0 Å². The predicted octanol–water partition coefficient (Wildman–Crippen LogP) is 1.51. The molecule has 0 aliphatic rings. The quantitative estimate of drug-likeness (QED) is 0.876. The number of anilines is 1. The van der Waals surface area contributed by atoms with E-state index < -0.39 is 29.6 Å². The van der Waals surface area contributed by atoms with E-state index in [2.05, 4.69) is 10.6 Å². The number of halogens is 3. The minimum absolute atomic E-state index is 0.285. The number of pyridine rings is 1. The van der Waals surface area contributed by atoms with Gasteiger partial charge in [-0.05, 0) is 12.1 Å². The van der Waals surface area contributed by atoms with Crippen LogP contribution in [0.2, 0.25) is 0 Å². The molecule has 23 heavy (non-hydrogen) atoms. The van der Waals surface area contributed by atoms with E-state index in [9.17, 15) is 27.6 Å². The second-order valence-electron chi connectivity index (χ2n) is 5.95. The third-order valence-corrected chi connectivity index (χ3v) is 2.73. The molecule has 0 aliphatic carbocycles. The van der Waals surface area contributed by atoms with Crippen molar-refractivity contribution in [3.8, 4) is 0 Å². The highest BCUT2D eigenvalue weighted by Gasteiger charge is 2.28. The van der Waals surface area contributed by atoms with Crippen LogP contribution in [-0.2, 0) is 16.1 Å². The van der Waals surface area contributed by atoms with Crippen molar-refractivity contribution in [2.45, 2.75) is 33.5 Å². The molecule has 0 atom stereocenters. The number of rotatable bonds is 4. The molecule has 1 aromatic heterocycles. The summed E-state index contributed by atoms with van der Waals surface area (Å²) in [5.74, 6) is -1.07. The highest BCUT2D eigenvalue weighted by Crippen LogP contribution is 2.16. The fourth-order valence-electron chi connectivity index (χ4n) is 1.57. The van der Waals surface area contributed by atoms with E-state index in [0.717, 1.165) is 6.20 Å². The van der Waals surface area contributed by atoms with Crippen molar-refractivity contribution in [3.05, 3.63) is 28.7 Å². The lowest BCUT2D eigenvalue weighted by atomic mass is 9.96. The molecular weight excluding hydrogens is 315 g/mol. The summed E-state index contributed by atoms with van der Waals surface area (Å²) in [6.45, 7) is 3.15. The van der Waals surface area contributed by atoms with Crippen molar-refractivity contribution in [2.24, 2.45) is 5.41 Å². The van der Waals surface area contributed by atoms with Crippen LogP contribution in [0.25, 0.3) is 0 Å². The summed E-state index contributed by atoms with van der Waals surface area (Å²) in [6.07, 6.45) is -3.57. The molecule has 0 bridgehead atoms. The number of nitrogens with one attached hydrogen (secondary N) is 2. The van der Waals surface area contributed by atoms with Crippen LogP contribution in [-0.4, -0.2) is 29.1 Å². The summed E-state index contributed by atoms with van der Waals surface area (Å²) in [5.41, 5.74) is -1.95. The van der Waals surface area contributed by atoms with E-state index in [-0.39, 0.29) is 18.1 Å². The van der Waals surface area contributed by atoms with Crippen LogP contribution >= 0.6 is 0 Å². The number of carbonyl (C=O) groups excluding carboxylic acids is 2. The Morgan fingerprint density at radius 2 is 1.83 bits per heavy atom. The van der Waals surface area contributed by atoms with Gasteiger partial charge in [0.1, 0.15) is 12.2 Å². The van der Waals surface area contributed by atoms with E-state index in [1.807, 2.05) is 0 Å². The van der Waals surface area contributed by atoms with Crippen LogP contribution in [0, 0.1) is 5.41 Å². The second-order valence-corrected chi connectivity index (χ2v) is 5.95. The van der Waals surface area contributed by atoms with Crippen molar-refractivity contribution in [2.75, 3.05) is 11.9 Å². The van der Waals surface area contributed by atoms with Crippen LogP contribution in [0.15, 0.2) is 23.1 Å². The minimum atomic E-state index is -4.55. The molecule has 0 radical (unpaired) electrons. The molecule has 6 nitrogen and oxygen atoms in total. The molecule has 0 saturated carbocycles. The molecule has 0 aromatic carbocycles. The van der Waals surface area contributed by atoms with Gasteiger partial charge in [-0.25, -0.2) is 0 Å². The average Bonchev–Trinajstić information content (AvgIpc) is 2.38. The maximum Gasteiger partial charge on any atom is 0.406 e. The highest BCUT2D eigenvalue weighted by molar-refractivity contribution is 5.95. The Hall–Kier alpha value is -2.32. The second kappa shape index (κ2) is 6.84. The van der Waals surface area contributed by atoms with E-state index in [4.69, 9.17) is 0 Å². The summed E-state index contributed by atoms with van der Waals surface area (Å²) in [7, 11) is 0. The van der Waals surface area contributed by atoms with E-state index in [1.54, 1.807) is 20.8 Å². The van der Waals surface area contributed by atoms with E-state index in [1.165, 1.54) is 12.1 Å². The fourth-order valence-corrected chi connectivity index (χ4v) is 1.57. The Morgan fingerprint density at radius 3 is 2.35 bits per heavy atom. The van der Waals surface area contributed by atoms with Gasteiger partial charge < -0.3 is 15.2 Å². The number of aromatic nitrogens is 1. The summed E-state index contributed by atoms with van der Waals surface area (Å²) in [6, 6.07) is 2.41. The van der Waals surface area contributed by atoms with E-state index in [0.29, 0.717) is 4.57 Å². The molecule has 9 heteroatoms. The topological polar surface area (TPSA) is 80.2 Å². The van der Waals surface area contributed by atoms with E-state index >= 15 is 0 Å². The molecule has 128 valence electrons. The van der Waals surface area contributed by atoms with Crippen LogP contribution in [0.3, 0.4) is 0 Å². The Morgan fingerprint density at radius 1 is 1.22 bits per heavy atom. The van der Waals surface area contributed by atoms with Gasteiger partial charge in [0, 0.05) is 11.6 Å². The zero-order valence-electron chi connectivity index (χ0n) is 13.0. The molecule has 0 spiro atoms. The summed E-state index contributed by atoms with van der Waals surface area (Å²) in [4.78, 5) is 35.2. The van der Waals surface area contributed by atoms with Gasteiger partial charge in [0.15, 0.2) is 0 Å². The van der Waals surface area contributed by atoms with Crippen molar-refractivity contribution in [1.82, 2.24) is 9.88 Å². The number of carbonyl (C=O) groups is 2. The molecule has 1 aromatic rings. The smallest absolute Gasteiger partial charge is 0.347 e. The number of alkyl halides is 3. The first kappa shape index (κ1) is 18.7. The summed E-state index contributed by atoms with van der Waals surface area (Å²) < 4.78 is 37.5. The molecule has 2 amide bonds. The Balaban J connectivity index is 2.74. The largest absolute Gasteiger partial charge is 0.406 e. The Labute approximate surface area is 130 Å². The molecule has 0 saturated heterocycles. The minimum Gasteiger partial charge on any atom is -0.347 e. The zero-order valence-corrected chi connectivity index (χ0v) is 13.0. The monoisotopic (exact) mass is 333 g/mol. The standard InChI is InChI=1S/C14H18F3N3O3/c1-13(2,3)12(23)18-7-10(21)19-9-5-4-6-20(11(9)22)8-14(15,16)17/h4-6H,7-8H2,1-3H3,(H,18,23)(H,19,21). The zero-order chi connectivity index (χ0) is 17.8. The van der Waals surface area contributed by atoms with Gasteiger partial charge in [0.2, 0.25) is 11.8 Å². The van der Waals surface area contributed by atoms with Crippen LogP contribution in [0.1, 0.15) is 20.8 Å². The van der Waals surface area contributed by atoms with Crippen molar-refractivity contribution in [1.29, 1.82) is 0 Å². The van der Waals surface area contributed by atoms with Crippen LogP contribution < -0.4 is 16.2 Å². The van der Waals surface area contributed by atoms with Gasteiger partial charge in [-0.15, -0.1) is 0 Å². The third kappa shape index (κ3) is 6.13. The lowest BCUT2D eigenvalue weighted by Gasteiger charge is -2.17. The summed E-state index contributed by atoms with van der Waals surface area (Å²) >= 11 is 0. The molecule has 1 heterocycles. The molecule has 2 N–H and O–H groups in total. The lowest BCUT2D eigenvalue weighted by Crippen LogP contribution is -2.40.